The van der Waals surface area contributed by atoms with Crippen molar-refractivity contribution in [2.75, 3.05) is 0 Å². The van der Waals surface area contributed by atoms with Crippen LogP contribution in [-0.4, -0.2) is 10.2 Å². The summed E-state index contributed by atoms with van der Waals surface area (Å²) in [7, 11) is 0. The van der Waals surface area contributed by atoms with Crippen molar-refractivity contribution in [3.8, 4) is 0 Å². The van der Waals surface area contributed by atoms with Crippen LogP contribution in [0.15, 0.2) is 57.6 Å². The normalized spacial score (nSPS) is 11.9. The molecular weight excluding hydrogens is 416 g/mol. The molecule has 0 atom stereocenters. The molecule has 0 aliphatic heterocycles. The summed E-state index contributed by atoms with van der Waals surface area (Å²) in [5.41, 5.74) is 6.01. The van der Waals surface area contributed by atoms with Crippen molar-refractivity contribution in [2.45, 2.75) is 150 Å². The summed E-state index contributed by atoms with van der Waals surface area (Å²) < 4.78 is 0. The van der Waals surface area contributed by atoms with Crippen molar-refractivity contribution in [3.05, 3.63) is 57.6 Å². The number of hydrogen-bond acceptors (Lipinski definition) is 2. The predicted octanol–water partition coefficient (Wildman–Crippen LogP) is 12.6. The van der Waals surface area contributed by atoms with E-state index in [1.807, 2.05) is 89.2 Å². The van der Waals surface area contributed by atoms with Crippen molar-refractivity contribution in [1.29, 1.82) is 0 Å². The summed E-state index contributed by atoms with van der Waals surface area (Å²) in [5, 5.41) is 20.9. The second-order valence-electron chi connectivity index (χ2n) is 6.34. The lowest BCUT2D eigenvalue weighted by molar-refractivity contribution is 0.400. The second kappa shape index (κ2) is 35.9. The Labute approximate surface area is 217 Å². The van der Waals surface area contributed by atoms with Gasteiger partial charge in [0.15, 0.2) is 0 Å². The van der Waals surface area contributed by atoms with E-state index in [0.717, 1.165) is 54.4 Å². The molecule has 0 amide bonds. The minimum absolute atomic E-state index is 0.0283. The Morgan fingerprint density at radius 2 is 1.00 bits per heavy atom. The van der Waals surface area contributed by atoms with Crippen LogP contribution in [0.4, 0.5) is 0 Å². The summed E-state index contributed by atoms with van der Waals surface area (Å²) >= 11 is 0. The van der Waals surface area contributed by atoms with E-state index < -0.39 is 0 Å². The average Bonchev–Trinajstić information content (AvgIpc) is 2.89. The summed E-state index contributed by atoms with van der Waals surface area (Å²) in [4.78, 5) is 0. The summed E-state index contributed by atoms with van der Waals surface area (Å²) in [6, 6.07) is 0. The van der Waals surface area contributed by atoms with Crippen LogP contribution < -0.4 is 0 Å². The van der Waals surface area contributed by atoms with E-state index in [1.165, 1.54) is 5.57 Å². The molecule has 0 bridgehead atoms. The van der Waals surface area contributed by atoms with Gasteiger partial charge in [0, 0.05) is 11.1 Å². The fourth-order valence-electron chi connectivity index (χ4n) is 2.98. The van der Waals surface area contributed by atoms with E-state index in [4.69, 9.17) is 0 Å². The molecule has 2 heteroatoms. The van der Waals surface area contributed by atoms with Crippen LogP contribution in [0.5, 0.6) is 0 Å². The van der Waals surface area contributed by atoms with Gasteiger partial charge in [-0.3, -0.25) is 0 Å². The first kappa shape index (κ1) is 45.7. The van der Waals surface area contributed by atoms with Crippen molar-refractivity contribution in [1.82, 2.24) is 0 Å². The molecule has 0 saturated heterocycles. The number of rotatable bonds is 9. The first-order valence-electron chi connectivity index (χ1n) is 14.1. The third-order valence-electron chi connectivity index (χ3n) is 4.46. The van der Waals surface area contributed by atoms with E-state index in [1.54, 1.807) is 6.92 Å². The lowest BCUT2D eigenvalue weighted by Crippen LogP contribution is -2.07. The molecule has 0 heterocycles. The molecule has 0 aliphatic carbocycles. The summed E-state index contributed by atoms with van der Waals surface area (Å²) in [6.07, 6.45) is 6.64. The highest BCUT2D eigenvalue weighted by Gasteiger charge is 2.22. The maximum atomic E-state index is 10.5. The molecule has 0 spiro atoms. The minimum Gasteiger partial charge on any atom is -0.512 e. The second-order valence-corrected chi connectivity index (χ2v) is 6.34. The third-order valence-corrected chi connectivity index (χ3v) is 4.46. The van der Waals surface area contributed by atoms with Gasteiger partial charge in [-0.2, -0.15) is 0 Å². The zero-order valence-corrected chi connectivity index (χ0v) is 26.7. The van der Waals surface area contributed by atoms with Gasteiger partial charge in [0.1, 0.15) is 5.76 Å². The van der Waals surface area contributed by atoms with Crippen LogP contribution >= 0.6 is 0 Å². The van der Waals surface area contributed by atoms with Crippen molar-refractivity contribution >= 4 is 0 Å². The first-order valence-corrected chi connectivity index (χ1v) is 14.1. The van der Waals surface area contributed by atoms with Gasteiger partial charge in [0.05, 0.1) is 5.76 Å². The van der Waals surface area contributed by atoms with Gasteiger partial charge in [-0.25, -0.2) is 0 Å². The van der Waals surface area contributed by atoms with Gasteiger partial charge in [-0.1, -0.05) is 127 Å². The van der Waals surface area contributed by atoms with Crippen molar-refractivity contribution < 1.29 is 10.2 Å². The largest absolute Gasteiger partial charge is 0.512 e. The highest BCUT2D eigenvalue weighted by Crippen LogP contribution is 2.37. The Kier molecular flexibility index (Phi) is 48.3. The highest BCUT2D eigenvalue weighted by molar-refractivity contribution is 5.60. The maximum Gasteiger partial charge on any atom is 0.116 e. The Balaban J connectivity index is -0.000000172. The van der Waals surface area contributed by atoms with E-state index in [-0.39, 0.29) is 11.5 Å². The van der Waals surface area contributed by atoms with Gasteiger partial charge in [0.2, 0.25) is 0 Å². The number of hydrogen-bond donors (Lipinski definition) is 2. The van der Waals surface area contributed by atoms with Crippen molar-refractivity contribution in [3.63, 3.8) is 0 Å². The molecule has 0 unspecified atom stereocenters. The molecule has 34 heavy (non-hydrogen) atoms. The quantitative estimate of drug-likeness (QED) is 0.253. The van der Waals surface area contributed by atoms with Crippen LogP contribution in [0.1, 0.15) is 150 Å². The standard InChI is InChI=1S/C22H36O2.5C2H6/c1-9-13-19(15(5)11-3)21(17(7)23)22(18(8)24)20(14-10-2)16(6)12-4;5*1-2/h11,23-24H,7,9-10,12-14H2,1-6,8H3;5*1-2H3/b15-11-,20-16+,21-19+,22-18-;;;;;. The summed E-state index contributed by atoms with van der Waals surface area (Å²) in [5.74, 6) is 0.273. The molecule has 0 fully saturated rings. The van der Waals surface area contributed by atoms with E-state index in [9.17, 15) is 10.2 Å². The van der Waals surface area contributed by atoms with Crippen molar-refractivity contribution in [2.24, 2.45) is 0 Å². The van der Waals surface area contributed by atoms with Crippen LogP contribution in [0.3, 0.4) is 0 Å². The molecular formula is C32H66O2. The fourth-order valence-corrected chi connectivity index (χ4v) is 2.98. The predicted molar refractivity (Wildman–Crippen MR) is 163 cm³/mol. The fraction of sp³-hybridized carbons (Fsp3) is 0.688. The molecule has 2 nitrogen and oxygen atoms in total. The molecule has 0 aromatic heterocycles. The zero-order chi connectivity index (χ0) is 28.9. The Morgan fingerprint density at radius 1 is 0.647 bits per heavy atom. The van der Waals surface area contributed by atoms with Gasteiger partial charge >= 0.3 is 0 Å². The van der Waals surface area contributed by atoms with Gasteiger partial charge in [-0.15, -0.1) is 0 Å². The number of aliphatic hydroxyl groups excluding tert-OH is 2. The Hall–Kier alpha value is -1.70. The van der Waals surface area contributed by atoms with Crippen LogP contribution in [0, 0.1) is 0 Å². The highest BCUT2D eigenvalue weighted by atomic mass is 16.3. The SMILES string of the molecule is C=C(O)C(=C(CCC)\C(C)=C/C)/C(=C(/C)O)C(/CCC)=C(\C)CC.CC.CC.CC.CC.CC. The first-order chi connectivity index (χ1) is 16.3. The Bertz CT molecular complexity index is 566. The van der Waals surface area contributed by atoms with Crippen LogP contribution in [-0.2, 0) is 0 Å². The maximum absolute atomic E-state index is 10.5. The van der Waals surface area contributed by atoms with Gasteiger partial charge in [-0.05, 0) is 58.1 Å². The lowest BCUT2D eigenvalue weighted by Gasteiger charge is -2.22. The zero-order valence-electron chi connectivity index (χ0n) is 26.7. The van der Waals surface area contributed by atoms with Crippen LogP contribution in [0.2, 0.25) is 0 Å². The molecule has 0 aromatic carbocycles. The monoisotopic (exact) mass is 483 g/mol. The smallest absolute Gasteiger partial charge is 0.116 e. The molecule has 206 valence electrons. The molecule has 0 aliphatic rings. The van der Waals surface area contributed by atoms with E-state index in [0.29, 0.717) is 5.57 Å². The lowest BCUT2D eigenvalue weighted by atomic mass is 9.83. The molecule has 0 aromatic rings. The third kappa shape index (κ3) is 19.7. The molecule has 2 N–H and O–H groups in total. The minimum atomic E-state index is 0.0283. The van der Waals surface area contributed by atoms with Gasteiger partial charge in [0.25, 0.3) is 0 Å². The van der Waals surface area contributed by atoms with E-state index in [2.05, 4.69) is 34.3 Å². The van der Waals surface area contributed by atoms with E-state index >= 15 is 0 Å². The molecule has 0 rings (SSSR count). The van der Waals surface area contributed by atoms with Gasteiger partial charge < -0.3 is 10.2 Å². The van der Waals surface area contributed by atoms with Crippen LogP contribution in [0.25, 0.3) is 0 Å². The summed E-state index contributed by atoms with van der Waals surface area (Å²) in [6.45, 7) is 38.0. The number of aliphatic hydroxyl groups is 2. The molecule has 0 radical (unpaired) electrons. The Morgan fingerprint density at radius 3 is 1.24 bits per heavy atom. The molecule has 0 saturated carbocycles. The topological polar surface area (TPSA) is 40.5 Å². The number of allylic oxidation sites excluding steroid dienone is 7. The average molecular weight is 483 g/mol.